The molecule has 0 aliphatic heterocycles. The van der Waals surface area contributed by atoms with Crippen molar-refractivity contribution in [1.82, 2.24) is 20.1 Å². The number of nitrogens with zero attached hydrogens (tertiary/aromatic N) is 3. The summed E-state index contributed by atoms with van der Waals surface area (Å²) in [5.74, 6) is 1.86. The highest BCUT2D eigenvalue weighted by Crippen LogP contribution is 2.41. The van der Waals surface area contributed by atoms with Gasteiger partial charge in [-0.25, -0.2) is 14.5 Å². The fourth-order valence-electron chi connectivity index (χ4n) is 2.70. The van der Waals surface area contributed by atoms with Crippen LogP contribution in [-0.4, -0.2) is 40.4 Å². The molecular weight excluding hydrogens is 256 g/mol. The van der Waals surface area contributed by atoms with E-state index in [0.717, 1.165) is 37.3 Å². The molecule has 6 nitrogen and oxygen atoms in total. The number of aromatic nitrogens is 3. The molecule has 0 spiro atoms. The number of methoxy groups -OCH3 is 1. The largest absolute Gasteiger partial charge is 0.468 e. The summed E-state index contributed by atoms with van der Waals surface area (Å²) in [4.78, 5) is 16.8. The van der Waals surface area contributed by atoms with Crippen LogP contribution in [0.4, 0.5) is 0 Å². The number of hydrogen-bond acceptors (Lipinski definition) is 5. The second-order valence-corrected chi connectivity index (χ2v) is 5.30. The van der Waals surface area contributed by atoms with E-state index in [-0.39, 0.29) is 5.97 Å². The highest BCUT2D eigenvalue weighted by molar-refractivity contribution is 5.81. The average molecular weight is 280 g/mol. The van der Waals surface area contributed by atoms with Crippen molar-refractivity contribution in [2.24, 2.45) is 5.92 Å². The van der Waals surface area contributed by atoms with Crippen LogP contribution in [0.25, 0.3) is 0 Å². The highest BCUT2D eigenvalue weighted by Gasteiger charge is 2.51. The van der Waals surface area contributed by atoms with E-state index >= 15 is 0 Å². The van der Waals surface area contributed by atoms with Gasteiger partial charge in [-0.2, -0.15) is 5.10 Å². The van der Waals surface area contributed by atoms with Crippen LogP contribution >= 0.6 is 0 Å². The van der Waals surface area contributed by atoms with Crippen molar-refractivity contribution in [3.05, 3.63) is 11.6 Å². The monoisotopic (exact) mass is 280 g/mol. The maximum Gasteiger partial charge on any atom is 0.328 e. The molecule has 6 heteroatoms. The molecule has 1 heterocycles. The van der Waals surface area contributed by atoms with Crippen molar-refractivity contribution in [3.63, 3.8) is 0 Å². The quantitative estimate of drug-likeness (QED) is 0.753. The third-order valence-corrected chi connectivity index (χ3v) is 4.09. The van der Waals surface area contributed by atoms with Crippen molar-refractivity contribution >= 4 is 5.97 Å². The maximum atomic E-state index is 12.3. The fourth-order valence-corrected chi connectivity index (χ4v) is 2.70. The Kier molecular flexibility index (Phi) is 4.42. The predicted octanol–water partition coefficient (Wildman–Crippen LogP) is 0.944. The summed E-state index contributed by atoms with van der Waals surface area (Å²) >= 11 is 0. The fraction of sp³-hybridized carbons (Fsp3) is 0.786. The molecular formula is C14H24N4O2. The molecule has 1 fully saturated rings. The Morgan fingerprint density at radius 1 is 1.45 bits per heavy atom. The maximum absolute atomic E-state index is 12.3. The van der Waals surface area contributed by atoms with Crippen molar-refractivity contribution in [1.29, 1.82) is 0 Å². The standard InChI is InChI=1S/C14H24N4O2/c1-5-11-16-12(6-2)18(17-11)9-14(15-3,10-7-8-10)13(19)20-4/h10,15H,5-9H2,1-4H3. The van der Waals surface area contributed by atoms with Crippen LogP contribution in [0.5, 0.6) is 0 Å². The van der Waals surface area contributed by atoms with E-state index in [4.69, 9.17) is 4.74 Å². The number of carbonyl (C=O) groups excluding carboxylic acids is 1. The average Bonchev–Trinajstić information content (AvgIpc) is 3.25. The van der Waals surface area contributed by atoms with Gasteiger partial charge in [-0.05, 0) is 25.8 Å². The SMILES string of the molecule is CCc1nc(CC)n(CC(NC)(C(=O)OC)C2CC2)n1. The van der Waals surface area contributed by atoms with Crippen LogP contribution in [0.1, 0.15) is 38.3 Å². The molecule has 0 radical (unpaired) electrons. The zero-order valence-electron chi connectivity index (χ0n) is 12.8. The molecule has 1 N–H and O–H groups in total. The highest BCUT2D eigenvalue weighted by atomic mass is 16.5. The minimum absolute atomic E-state index is 0.210. The zero-order chi connectivity index (χ0) is 14.8. The van der Waals surface area contributed by atoms with Crippen LogP contribution < -0.4 is 5.32 Å². The third kappa shape index (κ3) is 2.57. The van der Waals surface area contributed by atoms with Crippen LogP contribution in [0.3, 0.4) is 0 Å². The molecule has 20 heavy (non-hydrogen) atoms. The number of rotatable bonds is 7. The number of aryl methyl sites for hydroxylation is 2. The van der Waals surface area contributed by atoms with Gasteiger partial charge in [0.05, 0.1) is 13.7 Å². The van der Waals surface area contributed by atoms with Gasteiger partial charge in [0.25, 0.3) is 0 Å². The summed E-state index contributed by atoms with van der Waals surface area (Å²) in [6.45, 7) is 4.57. The lowest BCUT2D eigenvalue weighted by molar-refractivity contribution is -0.150. The first kappa shape index (κ1) is 15.0. The summed E-state index contributed by atoms with van der Waals surface area (Å²) < 4.78 is 6.89. The topological polar surface area (TPSA) is 69.0 Å². The van der Waals surface area contributed by atoms with Crippen molar-refractivity contribution in [2.45, 2.75) is 51.6 Å². The first-order chi connectivity index (χ1) is 9.61. The Bertz CT molecular complexity index is 482. The Morgan fingerprint density at radius 2 is 2.15 bits per heavy atom. The molecule has 1 atom stereocenters. The minimum atomic E-state index is -0.683. The van der Waals surface area contributed by atoms with Gasteiger partial charge in [-0.1, -0.05) is 13.8 Å². The van der Waals surface area contributed by atoms with Gasteiger partial charge in [-0.3, -0.25) is 0 Å². The number of likely N-dealkylation sites (N-methyl/N-ethyl adjacent to an activating group) is 1. The number of nitrogens with one attached hydrogen (secondary N) is 1. The predicted molar refractivity (Wildman–Crippen MR) is 75.3 cm³/mol. The lowest BCUT2D eigenvalue weighted by Gasteiger charge is -2.30. The first-order valence-electron chi connectivity index (χ1n) is 7.31. The molecule has 0 bridgehead atoms. The van der Waals surface area contributed by atoms with Crippen LogP contribution in [0.15, 0.2) is 0 Å². The molecule has 1 aliphatic carbocycles. The molecule has 1 aliphatic rings. The summed E-state index contributed by atoms with van der Waals surface area (Å²) in [6, 6.07) is 0. The number of ether oxygens (including phenoxy) is 1. The van der Waals surface area contributed by atoms with Gasteiger partial charge in [-0.15, -0.1) is 0 Å². The minimum Gasteiger partial charge on any atom is -0.468 e. The van der Waals surface area contributed by atoms with Gasteiger partial charge >= 0.3 is 5.97 Å². The number of esters is 1. The zero-order valence-corrected chi connectivity index (χ0v) is 12.8. The second-order valence-electron chi connectivity index (χ2n) is 5.30. The van der Waals surface area contributed by atoms with Gasteiger partial charge in [0.2, 0.25) is 0 Å². The molecule has 0 aromatic carbocycles. The number of carbonyl (C=O) groups is 1. The molecule has 112 valence electrons. The lowest BCUT2D eigenvalue weighted by atomic mass is 9.93. The summed E-state index contributed by atoms with van der Waals surface area (Å²) in [5, 5.41) is 7.71. The van der Waals surface area contributed by atoms with Gasteiger partial charge in [0, 0.05) is 12.8 Å². The van der Waals surface area contributed by atoms with Crippen molar-refractivity contribution in [3.8, 4) is 0 Å². The van der Waals surface area contributed by atoms with E-state index in [1.54, 1.807) is 0 Å². The summed E-state index contributed by atoms with van der Waals surface area (Å²) in [5.41, 5.74) is -0.683. The first-order valence-corrected chi connectivity index (χ1v) is 7.31. The van der Waals surface area contributed by atoms with E-state index in [9.17, 15) is 4.79 Å². The molecule has 0 saturated heterocycles. The van der Waals surface area contributed by atoms with Gasteiger partial charge in [0.1, 0.15) is 11.4 Å². The van der Waals surface area contributed by atoms with E-state index in [1.807, 2.05) is 18.7 Å². The van der Waals surface area contributed by atoms with Crippen molar-refractivity contribution < 1.29 is 9.53 Å². The molecule has 0 amide bonds. The van der Waals surface area contributed by atoms with E-state index < -0.39 is 5.54 Å². The van der Waals surface area contributed by atoms with Crippen molar-refractivity contribution in [2.75, 3.05) is 14.2 Å². The summed E-state index contributed by atoms with van der Waals surface area (Å²) in [6.07, 6.45) is 3.70. The Morgan fingerprint density at radius 3 is 2.60 bits per heavy atom. The Balaban J connectivity index is 2.32. The Labute approximate surface area is 119 Å². The normalized spacial score (nSPS) is 17.8. The molecule has 2 rings (SSSR count). The van der Waals surface area contributed by atoms with E-state index in [0.29, 0.717) is 12.5 Å². The van der Waals surface area contributed by atoms with E-state index in [1.165, 1.54) is 7.11 Å². The lowest BCUT2D eigenvalue weighted by Crippen LogP contribution is -2.56. The smallest absolute Gasteiger partial charge is 0.328 e. The second kappa shape index (κ2) is 5.91. The van der Waals surface area contributed by atoms with Crippen LogP contribution in [0.2, 0.25) is 0 Å². The van der Waals surface area contributed by atoms with E-state index in [2.05, 4.69) is 22.3 Å². The van der Waals surface area contributed by atoms with Gasteiger partial charge in [0.15, 0.2) is 5.82 Å². The molecule has 1 unspecified atom stereocenters. The van der Waals surface area contributed by atoms with Crippen LogP contribution in [0, 0.1) is 5.92 Å². The molecule has 1 saturated carbocycles. The third-order valence-electron chi connectivity index (χ3n) is 4.09. The summed E-state index contributed by atoms with van der Waals surface area (Å²) in [7, 11) is 3.26. The van der Waals surface area contributed by atoms with Gasteiger partial charge < -0.3 is 10.1 Å². The Hall–Kier alpha value is -1.43. The number of hydrogen-bond donors (Lipinski definition) is 1. The molecule has 1 aromatic rings. The molecule has 1 aromatic heterocycles. The van der Waals surface area contributed by atoms with Crippen LogP contribution in [-0.2, 0) is 28.9 Å².